The first kappa shape index (κ1) is 24.3. The number of nitrogens with zero attached hydrogens (tertiary/aromatic N) is 2. The average Bonchev–Trinajstić information content (AvgIpc) is 3.36. The predicted molar refractivity (Wildman–Crippen MR) is 130 cm³/mol. The third-order valence-corrected chi connectivity index (χ3v) is 6.91. The van der Waals surface area contributed by atoms with Crippen molar-refractivity contribution in [3.8, 4) is 0 Å². The summed E-state index contributed by atoms with van der Waals surface area (Å²) in [4.78, 5) is 16.6. The van der Waals surface area contributed by atoms with Gasteiger partial charge in [0.05, 0.1) is 6.33 Å². The molecule has 0 aliphatic rings. The van der Waals surface area contributed by atoms with Gasteiger partial charge in [-0.1, -0.05) is 66.7 Å². The van der Waals surface area contributed by atoms with E-state index in [2.05, 4.69) is 15.0 Å². The zero-order chi connectivity index (χ0) is 24.7. The Morgan fingerprint density at radius 3 is 2.40 bits per heavy atom. The number of benzene rings is 3. The van der Waals surface area contributed by atoms with Crippen LogP contribution in [0.4, 0.5) is 4.39 Å². The van der Waals surface area contributed by atoms with Crippen molar-refractivity contribution >= 4 is 15.9 Å². The van der Waals surface area contributed by atoms with E-state index in [4.69, 9.17) is 0 Å². The van der Waals surface area contributed by atoms with Crippen LogP contribution in [0.2, 0.25) is 0 Å². The molecule has 180 valence electrons. The van der Waals surface area contributed by atoms with Crippen molar-refractivity contribution < 1.29 is 17.6 Å². The minimum Gasteiger partial charge on any atom is -0.351 e. The maximum absolute atomic E-state index is 14.2. The number of sulfonamides is 1. The molecule has 4 rings (SSSR count). The molecule has 0 aliphatic heterocycles. The summed E-state index contributed by atoms with van der Waals surface area (Å²) in [6, 6.07) is 20.7. The predicted octanol–water partition coefficient (Wildman–Crippen LogP) is 3.28. The van der Waals surface area contributed by atoms with E-state index in [1.807, 2.05) is 41.1 Å². The van der Waals surface area contributed by atoms with Crippen molar-refractivity contribution in [1.29, 1.82) is 0 Å². The number of aromatic nitrogens is 2. The molecule has 0 fully saturated rings. The van der Waals surface area contributed by atoms with Crippen LogP contribution in [0.15, 0.2) is 102 Å². The summed E-state index contributed by atoms with van der Waals surface area (Å²) in [5.41, 5.74) is 2.67. The van der Waals surface area contributed by atoms with Gasteiger partial charge in [0.15, 0.2) is 0 Å². The van der Waals surface area contributed by atoms with Gasteiger partial charge in [0.1, 0.15) is 16.8 Å². The number of nitrogens with one attached hydrogen (secondary N) is 2. The summed E-state index contributed by atoms with van der Waals surface area (Å²) >= 11 is 0. The van der Waals surface area contributed by atoms with Crippen LogP contribution < -0.4 is 10.0 Å². The molecule has 2 N–H and O–H groups in total. The van der Waals surface area contributed by atoms with Gasteiger partial charge in [0.25, 0.3) is 0 Å². The van der Waals surface area contributed by atoms with Gasteiger partial charge in [0, 0.05) is 25.5 Å². The molecule has 1 heterocycles. The van der Waals surface area contributed by atoms with Crippen molar-refractivity contribution in [2.24, 2.45) is 0 Å². The molecule has 1 aromatic heterocycles. The van der Waals surface area contributed by atoms with Gasteiger partial charge in [-0.25, -0.2) is 17.8 Å². The van der Waals surface area contributed by atoms with Gasteiger partial charge < -0.3 is 9.88 Å². The highest BCUT2D eigenvalue weighted by molar-refractivity contribution is 7.89. The van der Waals surface area contributed by atoms with Crippen LogP contribution in [0.25, 0.3) is 0 Å². The molecule has 1 atom stereocenters. The van der Waals surface area contributed by atoms with Crippen LogP contribution in [0.5, 0.6) is 0 Å². The molecule has 0 saturated carbocycles. The number of carbonyl (C=O) groups excluding carboxylic acids is 1. The first-order valence-electron chi connectivity index (χ1n) is 11.0. The lowest BCUT2D eigenvalue weighted by atomic mass is 10.1. The molecule has 7 nitrogen and oxygen atoms in total. The Labute approximate surface area is 203 Å². The maximum atomic E-state index is 14.2. The fourth-order valence-electron chi connectivity index (χ4n) is 3.69. The van der Waals surface area contributed by atoms with E-state index in [1.54, 1.807) is 36.8 Å². The highest BCUT2D eigenvalue weighted by Gasteiger charge is 2.27. The molecule has 1 unspecified atom stereocenters. The summed E-state index contributed by atoms with van der Waals surface area (Å²) in [7, 11) is -4.27. The van der Waals surface area contributed by atoms with Crippen molar-refractivity contribution in [3.63, 3.8) is 0 Å². The van der Waals surface area contributed by atoms with Gasteiger partial charge in [0.2, 0.25) is 15.9 Å². The molecule has 1 amide bonds. The minimum absolute atomic E-state index is 0.112. The zero-order valence-corrected chi connectivity index (χ0v) is 19.7. The molecule has 0 aliphatic carbocycles. The molecular weight excluding hydrogens is 467 g/mol. The van der Waals surface area contributed by atoms with Crippen LogP contribution in [-0.4, -0.2) is 29.9 Å². The van der Waals surface area contributed by atoms with Crippen LogP contribution >= 0.6 is 0 Å². The highest BCUT2D eigenvalue weighted by Crippen LogP contribution is 2.15. The Morgan fingerprint density at radius 2 is 1.66 bits per heavy atom. The number of imidazole rings is 1. The van der Waals surface area contributed by atoms with Gasteiger partial charge in [-0.3, -0.25) is 4.79 Å². The Kier molecular flexibility index (Phi) is 7.69. The monoisotopic (exact) mass is 492 g/mol. The van der Waals surface area contributed by atoms with Crippen LogP contribution in [-0.2, 0) is 34.3 Å². The van der Waals surface area contributed by atoms with Crippen LogP contribution in [0.1, 0.15) is 16.7 Å². The summed E-state index contributed by atoms with van der Waals surface area (Å²) in [6.07, 6.45) is 5.41. The third-order valence-electron chi connectivity index (χ3n) is 5.41. The second-order valence-electron chi connectivity index (χ2n) is 8.07. The van der Waals surface area contributed by atoms with Crippen molar-refractivity contribution in [1.82, 2.24) is 19.6 Å². The fourth-order valence-corrected chi connectivity index (χ4v) is 4.97. The Morgan fingerprint density at radius 1 is 0.943 bits per heavy atom. The molecular formula is C26H25FN4O3S. The number of carbonyl (C=O) groups is 1. The number of hydrogen-bond donors (Lipinski definition) is 2. The highest BCUT2D eigenvalue weighted by atomic mass is 32.2. The van der Waals surface area contributed by atoms with E-state index in [0.29, 0.717) is 6.54 Å². The zero-order valence-electron chi connectivity index (χ0n) is 18.8. The lowest BCUT2D eigenvalue weighted by Gasteiger charge is -2.19. The van der Waals surface area contributed by atoms with E-state index < -0.39 is 32.7 Å². The molecule has 4 aromatic rings. The second kappa shape index (κ2) is 11.1. The second-order valence-corrected chi connectivity index (χ2v) is 9.75. The molecule has 0 saturated heterocycles. The van der Waals surface area contributed by atoms with E-state index in [9.17, 15) is 17.6 Å². The van der Waals surface area contributed by atoms with Crippen molar-refractivity contribution in [3.05, 3.63) is 120 Å². The van der Waals surface area contributed by atoms with Gasteiger partial charge >= 0.3 is 0 Å². The minimum atomic E-state index is -4.27. The SMILES string of the molecule is O=C(NCc1cccc(Cn2ccnc2)c1)C(Cc1ccccc1)NS(=O)(=O)c1ccccc1F. The maximum Gasteiger partial charge on any atom is 0.244 e. The van der Waals surface area contributed by atoms with E-state index in [0.717, 1.165) is 22.8 Å². The molecule has 0 spiro atoms. The van der Waals surface area contributed by atoms with Crippen LogP contribution in [0.3, 0.4) is 0 Å². The topological polar surface area (TPSA) is 93.1 Å². The summed E-state index contributed by atoms with van der Waals surface area (Å²) < 4.78 is 44.3. The summed E-state index contributed by atoms with van der Waals surface area (Å²) in [5.74, 6) is -1.39. The molecule has 0 radical (unpaired) electrons. The first-order valence-corrected chi connectivity index (χ1v) is 12.5. The molecule has 35 heavy (non-hydrogen) atoms. The third kappa shape index (κ3) is 6.62. The van der Waals surface area contributed by atoms with Crippen molar-refractivity contribution in [2.45, 2.75) is 30.4 Å². The lowest BCUT2D eigenvalue weighted by Crippen LogP contribution is -2.47. The summed E-state index contributed by atoms with van der Waals surface area (Å²) in [5, 5.41) is 2.82. The average molecular weight is 493 g/mol. The van der Waals surface area contributed by atoms with E-state index in [-0.39, 0.29) is 13.0 Å². The van der Waals surface area contributed by atoms with E-state index >= 15 is 0 Å². The van der Waals surface area contributed by atoms with E-state index in [1.165, 1.54) is 18.2 Å². The normalized spacial score (nSPS) is 12.3. The van der Waals surface area contributed by atoms with Crippen LogP contribution in [0, 0.1) is 5.82 Å². The lowest BCUT2D eigenvalue weighted by molar-refractivity contribution is -0.122. The standard InChI is InChI=1S/C26H25FN4O3S/c27-23-11-4-5-12-25(23)35(33,34)30-24(16-20-7-2-1-3-8-20)26(32)29-17-21-9-6-10-22(15-21)18-31-14-13-28-19-31/h1-15,19,24,30H,16-18H2,(H,29,32). The fraction of sp³-hybridized carbons (Fsp3) is 0.154. The number of rotatable bonds is 10. The first-order chi connectivity index (χ1) is 16.9. The molecule has 0 bridgehead atoms. The number of halogens is 1. The van der Waals surface area contributed by atoms with Crippen molar-refractivity contribution in [2.75, 3.05) is 0 Å². The number of hydrogen-bond acceptors (Lipinski definition) is 4. The Balaban J connectivity index is 1.49. The summed E-state index contributed by atoms with van der Waals surface area (Å²) in [6.45, 7) is 0.851. The molecule has 3 aromatic carbocycles. The quantitative estimate of drug-likeness (QED) is 0.355. The smallest absolute Gasteiger partial charge is 0.244 e. The van der Waals surface area contributed by atoms with Gasteiger partial charge in [-0.05, 0) is 35.2 Å². The van der Waals surface area contributed by atoms with Gasteiger partial charge in [-0.2, -0.15) is 4.72 Å². The number of amides is 1. The largest absolute Gasteiger partial charge is 0.351 e. The van der Waals surface area contributed by atoms with Gasteiger partial charge in [-0.15, -0.1) is 0 Å². The Bertz CT molecular complexity index is 1380. The molecule has 9 heteroatoms. The Hall–Kier alpha value is -3.82.